The Balaban J connectivity index is 1.79. The van der Waals surface area contributed by atoms with Crippen molar-refractivity contribution in [3.63, 3.8) is 0 Å². The van der Waals surface area contributed by atoms with Crippen LogP contribution in [0.2, 0.25) is 0 Å². The zero-order valence-corrected chi connectivity index (χ0v) is 15.0. The van der Waals surface area contributed by atoms with Crippen LogP contribution in [0.3, 0.4) is 0 Å². The van der Waals surface area contributed by atoms with Gasteiger partial charge in [-0.15, -0.1) is 0 Å². The van der Waals surface area contributed by atoms with E-state index in [1.807, 2.05) is 6.07 Å². The number of hydrogen-bond donors (Lipinski definition) is 1. The molecule has 1 aliphatic heterocycles. The highest BCUT2D eigenvalue weighted by Gasteiger charge is 2.33. The van der Waals surface area contributed by atoms with E-state index < -0.39 is 0 Å². The van der Waals surface area contributed by atoms with E-state index in [0.29, 0.717) is 23.5 Å². The molecule has 3 rings (SSSR count). The van der Waals surface area contributed by atoms with E-state index in [0.717, 1.165) is 31.7 Å². The van der Waals surface area contributed by atoms with Gasteiger partial charge in [-0.3, -0.25) is 4.90 Å². The van der Waals surface area contributed by atoms with Gasteiger partial charge < -0.3 is 14.7 Å². The SMILES string of the molecule is COc1nccc(N2CCN(C3CCCCC3)C(CCO)C2)c1C#N. The minimum absolute atomic E-state index is 0.201. The number of nitrogens with zero attached hydrogens (tertiary/aromatic N) is 4. The average Bonchev–Trinajstić information content (AvgIpc) is 2.68. The first-order valence-electron chi connectivity index (χ1n) is 9.33. The lowest BCUT2D eigenvalue weighted by Gasteiger charge is -2.47. The maximum atomic E-state index is 9.55. The second-order valence-corrected chi connectivity index (χ2v) is 6.97. The number of aliphatic hydroxyl groups excluding tert-OH is 1. The topological polar surface area (TPSA) is 72.6 Å². The number of piperazine rings is 1. The van der Waals surface area contributed by atoms with E-state index in [1.54, 1.807) is 13.3 Å². The lowest BCUT2D eigenvalue weighted by atomic mass is 9.91. The summed E-state index contributed by atoms with van der Waals surface area (Å²) in [7, 11) is 1.54. The molecule has 1 N–H and O–H groups in total. The fraction of sp³-hybridized carbons (Fsp3) is 0.684. The van der Waals surface area contributed by atoms with Crippen molar-refractivity contribution < 1.29 is 9.84 Å². The third-order valence-corrected chi connectivity index (χ3v) is 5.57. The van der Waals surface area contributed by atoms with Crippen molar-refractivity contribution >= 4 is 5.69 Å². The van der Waals surface area contributed by atoms with Crippen LogP contribution in [-0.4, -0.2) is 60.4 Å². The van der Waals surface area contributed by atoms with E-state index in [-0.39, 0.29) is 6.61 Å². The number of aliphatic hydroxyl groups is 1. The van der Waals surface area contributed by atoms with Gasteiger partial charge in [0.15, 0.2) is 0 Å². The Morgan fingerprint density at radius 3 is 2.80 bits per heavy atom. The normalized spacial score (nSPS) is 22.6. The first kappa shape index (κ1) is 18.0. The molecule has 2 aliphatic rings. The van der Waals surface area contributed by atoms with Crippen LogP contribution in [-0.2, 0) is 0 Å². The fourth-order valence-electron chi connectivity index (χ4n) is 4.34. The molecule has 1 aromatic heterocycles. The maximum Gasteiger partial charge on any atom is 0.233 e. The molecule has 1 saturated heterocycles. The molecule has 25 heavy (non-hydrogen) atoms. The molecule has 1 atom stereocenters. The lowest BCUT2D eigenvalue weighted by Crippen LogP contribution is -2.57. The average molecular weight is 344 g/mol. The third-order valence-electron chi connectivity index (χ3n) is 5.57. The summed E-state index contributed by atoms with van der Waals surface area (Å²) >= 11 is 0. The van der Waals surface area contributed by atoms with Crippen LogP contribution in [0.5, 0.6) is 5.88 Å². The molecule has 2 fully saturated rings. The highest BCUT2D eigenvalue weighted by atomic mass is 16.5. The Labute approximate surface area is 150 Å². The van der Waals surface area contributed by atoms with Crippen molar-refractivity contribution in [2.24, 2.45) is 0 Å². The minimum atomic E-state index is 0.201. The van der Waals surface area contributed by atoms with Crippen molar-refractivity contribution in [2.75, 3.05) is 38.3 Å². The summed E-state index contributed by atoms with van der Waals surface area (Å²) in [6, 6.07) is 5.11. The Morgan fingerprint density at radius 1 is 1.32 bits per heavy atom. The van der Waals surface area contributed by atoms with Gasteiger partial charge in [0, 0.05) is 44.5 Å². The molecule has 6 heteroatoms. The number of nitriles is 1. The quantitative estimate of drug-likeness (QED) is 0.882. The third kappa shape index (κ3) is 3.88. The minimum Gasteiger partial charge on any atom is -0.480 e. The Bertz CT molecular complexity index is 610. The number of methoxy groups -OCH3 is 1. The fourth-order valence-corrected chi connectivity index (χ4v) is 4.34. The van der Waals surface area contributed by atoms with Crippen molar-refractivity contribution in [3.8, 4) is 11.9 Å². The molecular weight excluding hydrogens is 316 g/mol. The van der Waals surface area contributed by atoms with Crippen LogP contribution >= 0.6 is 0 Å². The number of aromatic nitrogens is 1. The van der Waals surface area contributed by atoms with Crippen LogP contribution in [0.1, 0.15) is 44.1 Å². The van der Waals surface area contributed by atoms with Crippen molar-refractivity contribution in [1.82, 2.24) is 9.88 Å². The van der Waals surface area contributed by atoms with Crippen molar-refractivity contribution in [2.45, 2.75) is 50.6 Å². The molecule has 0 radical (unpaired) electrons. The number of hydrogen-bond acceptors (Lipinski definition) is 6. The van der Waals surface area contributed by atoms with Gasteiger partial charge in [0.05, 0.1) is 12.8 Å². The van der Waals surface area contributed by atoms with Crippen LogP contribution in [0, 0.1) is 11.3 Å². The van der Waals surface area contributed by atoms with Gasteiger partial charge in [0.2, 0.25) is 5.88 Å². The maximum absolute atomic E-state index is 9.55. The molecule has 0 bridgehead atoms. The molecule has 6 nitrogen and oxygen atoms in total. The predicted molar refractivity (Wildman–Crippen MR) is 96.8 cm³/mol. The number of rotatable bonds is 5. The second-order valence-electron chi connectivity index (χ2n) is 6.97. The van der Waals surface area contributed by atoms with Gasteiger partial charge >= 0.3 is 0 Å². The van der Waals surface area contributed by atoms with Crippen LogP contribution in [0.4, 0.5) is 5.69 Å². The molecule has 1 saturated carbocycles. The zero-order chi connectivity index (χ0) is 17.6. The predicted octanol–water partition coefficient (Wildman–Crippen LogP) is 2.17. The second kappa shape index (κ2) is 8.50. The summed E-state index contributed by atoms with van der Waals surface area (Å²) in [4.78, 5) is 9.01. The van der Waals surface area contributed by atoms with Gasteiger partial charge in [-0.2, -0.15) is 5.26 Å². The van der Waals surface area contributed by atoms with E-state index in [2.05, 4.69) is 20.9 Å². The summed E-state index contributed by atoms with van der Waals surface area (Å²) in [5.74, 6) is 0.383. The van der Waals surface area contributed by atoms with Crippen LogP contribution in [0.25, 0.3) is 0 Å². The zero-order valence-electron chi connectivity index (χ0n) is 15.0. The van der Waals surface area contributed by atoms with Crippen LogP contribution < -0.4 is 9.64 Å². The molecule has 0 aromatic carbocycles. The highest BCUT2D eigenvalue weighted by Crippen LogP contribution is 2.31. The summed E-state index contributed by atoms with van der Waals surface area (Å²) in [6.07, 6.45) is 9.00. The standard InChI is InChI=1S/C19H28N4O2/c1-25-19-17(13-20)18(7-9-21-19)22-10-11-23(16(14-22)8-12-24)15-5-3-2-4-6-15/h7,9,15-16,24H,2-6,8,10-12,14H2,1H3. The summed E-state index contributed by atoms with van der Waals surface area (Å²) in [6.45, 7) is 2.90. The monoisotopic (exact) mass is 344 g/mol. The number of anilines is 1. The summed E-state index contributed by atoms with van der Waals surface area (Å²) < 4.78 is 5.25. The van der Waals surface area contributed by atoms with Gasteiger partial charge in [-0.05, 0) is 25.3 Å². The van der Waals surface area contributed by atoms with Crippen LogP contribution in [0.15, 0.2) is 12.3 Å². The smallest absolute Gasteiger partial charge is 0.233 e. The van der Waals surface area contributed by atoms with Crippen molar-refractivity contribution in [1.29, 1.82) is 5.26 Å². The molecule has 1 aromatic rings. The molecule has 1 aliphatic carbocycles. The molecular formula is C19H28N4O2. The first-order chi connectivity index (χ1) is 12.3. The van der Waals surface area contributed by atoms with Gasteiger partial charge in [0.1, 0.15) is 11.6 Å². The Kier molecular flexibility index (Phi) is 6.11. The van der Waals surface area contributed by atoms with Gasteiger partial charge in [-0.1, -0.05) is 19.3 Å². The van der Waals surface area contributed by atoms with Gasteiger partial charge in [0.25, 0.3) is 0 Å². The van der Waals surface area contributed by atoms with E-state index in [4.69, 9.17) is 4.74 Å². The molecule has 2 heterocycles. The number of pyridine rings is 1. The summed E-state index contributed by atoms with van der Waals surface area (Å²) in [5, 5.41) is 19.1. The first-order valence-corrected chi connectivity index (χ1v) is 9.33. The molecule has 136 valence electrons. The van der Waals surface area contributed by atoms with E-state index >= 15 is 0 Å². The van der Waals surface area contributed by atoms with Gasteiger partial charge in [-0.25, -0.2) is 4.98 Å². The van der Waals surface area contributed by atoms with Crippen molar-refractivity contribution in [3.05, 3.63) is 17.8 Å². The lowest BCUT2D eigenvalue weighted by molar-refractivity contribution is 0.0758. The molecule has 1 unspecified atom stereocenters. The Morgan fingerprint density at radius 2 is 2.12 bits per heavy atom. The molecule has 0 amide bonds. The summed E-state index contributed by atoms with van der Waals surface area (Å²) in [5.41, 5.74) is 1.39. The molecule has 0 spiro atoms. The highest BCUT2D eigenvalue weighted by molar-refractivity contribution is 5.63. The van der Waals surface area contributed by atoms with E-state index in [9.17, 15) is 10.4 Å². The largest absolute Gasteiger partial charge is 0.480 e. The van der Waals surface area contributed by atoms with E-state index in [1.165, 1.54) is 32.1 Å². The number of ether oxygens (including phenoxy) is 1. The Hall–Kier alpha value is -1.84.